The van der Waals surface area contributed by atoms with Crippen LogP contribution in [0.2, 0.25) is 5.02 Å². The van der Waals surface area contributed by atoms with Crippen molar-refractivity contribution in [2.75, 3.05) is 13.1 Å². The Morgan fingerprint density at radius 2 is 2.17 bits per heavy atom. The van der Waals surface area contributed by atoms with Crippen LogP contribution < -0.4 is 0 Å². The van der Waals surface area contributed by atoms with Crippen LogP contribution in [0.5, 0.6) is 0 Å². The van der Waals surface area contributed by atoms with Gasteiger partial charge in [-0.25, -0.2) is 4.98 Å². The summed E-state index contributed by atoms with van der Waals surface area (Å²) in [5.41, 5.74) is 2.68. The van der Waals surface area contributed by atoms with Gasteiger partial charge in [0.05, 0.1) is 15.2 Å². The van der Waals surface area contributed by atoms with Gasteiger partial charge in [0.1, 0.15) is 6.04 Å². The average Bonchev–Trinajstić information content (AvgIpc) is 3.32. The standard InChI is InChI=1S/C22H20ClN3O2S/c23-14-7-8-17-15(10-14)16(11-24-17)20(22(27)28)26-9-3-4-13(12-26)21-25-18-5-1-2-6-19(18)29-21/h1-2,5-8,10-11,13,20,24H,3-4,9,12H2,(H,27,28)/t13-,20+/m0/s1. The number of nitrogens with one attached hydrogen (secondary N) is 1. The molecule has 4 aromatic rings. The van der Waals surface area contributed by atoms with Crippen molar-refractivity contribution in [3.8, 4) is 0 Å². The minimum absolute atomic E-state index is 0.247. The number of benzene rings is 2. The minimum Gasteiger partial charge on any atom is -0.480 e. The molecule has 29 heavy (non-hydrogen) atoms. The van der Waals surface area contributed by atoms with E-state index in [-0.39, 0.29) is 5.92 Å². The van der Waals surface area contributed by atoms with E-state index in [0.29, 0.717) is 11.6 Å². The quantitative estimate of drug-likeness (QED) is 0.457. The molecule has 1 aliphatic rings. The van der Waals surface area contributed by atoms with Crippen molar-refractivity contribution in [3.63, 3.8) is 0 Å². The van der Waals surface area contributed by atoms with Gasteiger partial charge in [-0.05, 0) is 49.7 Å². The first-order valence-electron chi connectivity index (χ1n) is 9.69. The zero-order valence-electron chi connectivity index (χ0n) is 15.6. The fourth-order valence-electron chi connectivity index (χ4n) is 4.33. The summed E-state index contributed by atoms with van der Waals surface area (Å²) in [7, 11) is 0. The maximum Gasteiger partial charge on any atom is 0.325 e. The van der Waals surface area contributed by atoms with E-state index in [0.717, 1.165) is 46.4 Å². The molecule has 1 aliphatic heterocycles. The Balaban J connectivity index is 1.48. The minimum atomic E-state index is -0.837. The Hall–Kier alpha value is -2.41. The largest absolute Gasteiger partial charge is 0.480 e. The lowest BCUT2D eigenvalue weighted by molar-refractivity contribution is -0.144. The Bertz CT molecular complexity index is 1170. The third kappa shape index (κ3) is 3.41. The van der Waals surface area contributed by atoms with E-state index in [9.17, 15) is 9.90 Å². The number of aromatic nitrogens is 2. The Morgan fingerprint density at radius 1 is 1.31 bits per heavy atom. The molecule has 7 heteroatoms. The number of thiazole rings is 1. The number of rotatable bonds is 4. The number of nitrogens with zero attached hydrogens (tertiary/aromatic N) is 2. The third-order valence-corrected chi connectivity index (χ3v) is 7.12. The number of carboxylic acid groups (broad SMARTS) is 1. The maximum atomic E-state index is 12.3. The summed E-state index contributed by atoms with van der Waals surface area (Å²) in [4.78, 5) is 22.4. The van der Waals surface area contributed by atoms with Gasteiger partial charge in [-0.1, -0.05) is 23.7 Å². The molecule has 1 fully saturated rings. The van der Waals surface area contributed by atoms with Crippen molar-refractivity contribution in [1.82, 2.24) is 14.9 Å². The molecule has 0 bridgehead atoms. The van der Waals surface area contributed by atoms with Gasteiger partial charge in [0.2, 0.25) is 0 Å². The van der Waals surface area contributed by atoms with Crippen LogP contribution in [0.3, 0.4) is 0 Å². The van der Waals surface area contributed by atoms with Gasteiger partial charge in [-0.3, -0.25) is 9.69 Å². The van der Waals surface area contributed by atoms with E-state index in [1.165, 1.54) is 4.70 Å². The second kappa shape index (κ2) is 7.44. The summed E-state index contributed by atoms with van der Waals surface area (Å²) in [6.45, 7) is 1.44. The van der Waals surface area contributed by atoms with E-state index in [1.54, 1.807) is 17.5 Å². The second-order valence-corrected chi connectivity index (χ2v) is 9.03. The van der Waals surface area contributed by atoms with Crippen molar-refractivity contribution in [2.24, 2.45) is 0 Å². The van der Waals surface area contributed by atoms with Crippen molar-refractivity contribution < 1.29 is 9.90 Å². The number of piperidine rings is 1. The summed E-state index contributed by atoms with van der Waals surface area (Å²) in [6, 6.07) is 13.0. The Kier molecular flexibility index (Phi) is 4.78. The molecule has 0 aliphatic carbocycles. The number of para-hydroxylation sites is 1. The number of carboxylic acids is 1. The van der Waals surface area contributed by atoms with Crippen LogP contribution in [0.15, 0.2) is 48.7 Å². The molecule has 2 aromatic heterocycles. The second-order valence-electron chi connectivity index (χ2n) is 7.53. The van der Waals surface area contributed by atoms with Gasteiger partial charge >= 0.3 is 5.97 Å². The highest BCUT2D eigenvalue weighted by Gasteiger charge is 2.34. The summed E-state index contributed by atoms with van der Waals surface area (Å²) in [6.07, 6.45) is 3.79. The number of halogens is 1. The number of fused-ring (bicyclic) bond motifs is 2. The molecule has 0 amide bonds. The molecule has 0 spiro atoms. The zero-order valence-corrected chi connectivity index (χ0v) is 17.2. The van der Waals surface area contributed by atoms with E-state index in [1.807, 2.05) is 36.4 Å². The van der Waals surface area contributed by atoms with E-state index < -0.39 is 12.0 Å². The first-order valence-corrected chi connectivity index (χ1v) is 10.9. The summed E-state index contributed by atoms with van der Waals surface area (Å²) >= 11 is 7.90. The summed E-state index contributed by atoms with van der Waals surface area (Å²) < 4.78 is 1.18. The Morgan fingerprint density at radius 3 is 3.00 bits per heavy atom. The van der Waals surface area contributed by atoms with Crippen molar-refractivity contribution in [2.45, 2.75) is 24.8 Å². The monoisotopic (exact) mass is 425 g/mol. The van der Waals surface area contributed by atoms with Gasteiger partial charge in [-0.2, -0.15) is 0 Å². The molecular weight excluding hydrogens is 406 g/mol. The SMILES string of the molecule is O=C(O)[C@@H](c1c[nH]c2ccc(Cl)cc12)N1CCC[C@H](c2nc3ccccc3s2)C1. The van der Waals surface area contributed by atoms with Crippen molar-refractivity contribution in [3.05, 3.63) is 64.3 Å². The molecule has 5 rings (SSSR count). The number of carbonyl (C=O) groups is 1. The van der Waals surface area contributed by atoms with Crippen molar-refractivity contribution in [1.29, 1.82) is 0 Å². The van der Waals surface area contributed by atoms with Gasteiger partial charge in [0, 0.05) is 40.1 Å². The normalized spacial score (nSPS) is 19.0. The van der Waals surface area contributed by atoms with Crippen LogP contribution >= 0.6 is 22.9 Å². The first-order chi connectivity index (χ1) is 14.1. The zero-order chi connectivity index (χ0) is 20.0. The number of aliphatic carboxylic acids is 1. The number of H-pyrrole nitrogens is 1. The highest BCUT2D eigenvalue weighted by molar-refractivity contribution is 7.18. The molecule has 5 nitrogen and oxygen atoms in total. The molecule has 0 saturated carbocycles. The van der Waals surface area contributed by atoms with Crippen LogP contribution in [0, 0.1) is 0 Å². The highest BCUT2D eigenvalue weighted by atomic mass is 35.5. The summed E-state index contributed by atoms with van der Waals surface area (Å²) in [5, 5.41) is 12.7. The summed E-state index contributed by atoms with van der Waals surface area (Å²) in [5.74, 6) is -0.590. The predicted octanol–water partition coefficient (Wildman–Crippen LogP) is 5.44. The fourth-order valence-corrected chi connectivity index (χ4v) is 5.60. The molecule has 148 valence electrons. The number of hydrogen-bond donors (Lipinski definition) is 2. The van der Waals surface area contributed by atoms with Crippen molar-refractivity contribution >= 4 is 50.0 Å². The van der Waals surface area contributed by atoms with Crippen LogP contribution in [-0.2, 0) is 4.79 Å². The van der Waals surface area contributed by atoms with Gasteiger partial charge in [0.25, 0.3) is 0 Å². The van der Waals surface area contributed by atoms with Crippen LogP contribution in [0.25, 0.3) is 21.1 Å². The molecule has 0 unspecified atom stereocenters. The highest BCUT2D eigenvalue weighted by Crippen LogP contribution is 2.37. The molecule has 2 N–H and O–H groups in total. The maximum absolute atomic E-state index is 12.3. The van der Waals surface area contributed by atoms with Crippen LogP contribution in [0.1, 0.15) is 35.4 Å². The number of aromatic amines is 1. The molecule has 2 aromatic carbocycles. The van der Waals surface area contributed by atoms with Crippen LogP contribution in [0.4, 0.5) is 0 Å². The van der Waals surface area contributed by atoms with E-state index in [2.05, 4.69) is 16.0 Å². The lowest BCUT2D eigenvalue weighted by Gasteiger charge is -2.35. The van der Waals surface area contributed by atoms with Gasteiger partial charge < -0.3 is 10.1 Å². The number of likely N-dealkylation sites (tertiary alicyclic amines) is 1. The van der Waals surface area contributed by atoms with Crippen LogP contribution in [-0.4, -0.2) is 39.0 Å². The smallest absolute Gasteiger partial charge is 0.325 e. The average molecular weight is 426 g/mol. The van der Waals surface area contributed by atoms with Gasteiger partial charge in [-0.15, -0.1) is 11.3 Å². The molecule has 3 heterocycles. The molecule has 2 atom stereocenters. The molecular formula is C22H20ClN3O2S. The lowest BCUT2D eigenvalue weighted by atomic mass is 9.95. The van der Waals surface area contributed by atoms with E-state index in [4.69, 9.17) is 16.6 Å². The first kappa shape index (κ1) is 18.6. The topological polar surface area (TPSA) is 69.2 Å². The predicted molar refractivity (Wildman–Crippen MR) is 117 cm³/mol. The fraction of sp³-hybridized carbons (Fsp3) is 0.273. The Labute approximate surface area is 176 Å². The third-order valence-electron chi connectivity index (χ3n) is 5.68. The molecule has 0 radical (unpaired) electrons. The van der Waals surface area contributed by atoms with E-state index >= 15 is 0 Å². The number of hydrogen-bond acceptors (Lipinski definition) is 4. The molecule has 1 saturated heterocycles. The lowest BCUT2D eigenvalue weighted by Crippen LogP contribution is -2.40. The van der Waals surface area contributed by atoms with Gasteiger partial charge in [0.15, 0.2) is 0 Å².